The Hall–Kier alpha value is -2.86. The molecule has 1 aromatic heterocycles. The summed E-state index contributed by atoms with van der Waals surface area (Å²) in [7, 11) is 1.90. The summed E-state index contributed by atoms with van der Waals surface area (Å²) in [5.74, 6) is 0.440. The topological polar surface area (TPSA) is 67.2 Å². The third-order valence-electron chi connectivity index (χ3n) is 6.35. The lowest BCUT2D eigenvalue weighted by molar-refractivity contribution is -0.133. The molecular formula is C25H29ClN4O2. The number of hydrogen-bond donors (Lipinski definition) is 1. The molecule has 1 aliphatic rings. The summed E-state index contributed by atoms with van der Waals surface area (Å²) in [5.41, 5.74) is 2.10. The number of fused-ring (bicyclic) bond motifs is 1. The maximum absolute atomic E-state index is 13.2. The summed E-state index contributed by atoms with van der Waals surface area (Å²) >= 11 is 6.19. The molecule has 1 atom stereocenters. The Balaban J connectivity index is 1.59. The molecule has 1 fully saturated rings. The molecule has 2 amide bonds. The van der Waals surface area contributed by atoms with Crippen molar-refractivity contribution in [3.63, 3.8) is 0 Å². The average molecular weight is 453 g/mol. The lowest BCUT2D eigenvalue weighted by atomic mass is 9.94. The summed E-state index contributed by atoms with van der Waals surface area (Å²) in [6.45, 7) is 2.07. The third-order valence-corrected chi connectivity index (χ3v) is 6.68. The Bertz CT molecular complexity index is 1120. The van der Waals surface area contributed by atoms with E-state index in [4.69, 9.17) is 16.6 Å². The molecule has 168 valence electrons. The number of hydrogen-bond acceptors (Lipinski definition) is 3. The van der Waals surface area contributed by atoms with Gasteiger partial charge in [0.25, 0.3) is 5.91 Å². The predicted molar refractivity (Wildman–Crippen MR) is 127 cm³/mol. The number of benzene rings is 2. The molecular weight excluding hydrogens is 424 g/mol. The number of amides is 2. The van der Waals surface area contributed by atoms with Gasteiger partial charge in [-0.3, -0.25) is 9.59 Å². The molecule has 0 bridgehead atoms. The largest absolute Gasteiger partial charge is 0.342 e. The average Bonchev–Trinajstić information content (AvgIpc) is 3.18. The molecule has 1 heterocycles. The van der Waals surface area contributed by atoms with Crippen molar-refractivity contribution in [2.24, 2.45) is 0 Å². The number of para-hydroxylation sites is 2. The van der Waals surface area contributed by atoms with Gasteiger partial charge in [0.2, 0.25) is 5.91 Å². The number of aromatic nitrogens is 2. The Morgan fingerprint density at radius 3 is 2.56 bits per heavy atom. The van der Waals surface area contributed by atoms with Crippen LogP contribution in [-0.2, 0) is 11.3 Å². The van der Waals surface area contributed by atoms with Crippen LogP contribution < -0.4 is 5.32 Å². The van der Waals surface area contributed by atoms with Gasteiger partial charge in [0.1, 0.15) is 12.4 Å². The highest BCUT2D eigenvalue weighted by molar-refractivity contribution is 6.33. The fraction of sp³-hybridized carbons (Fsp3) is 0.400. The van der Waals surface area contributed by atoms with Crippen LogP contribution in [0.3, 0.4) is 0 Å². The fourth-order valence-corrected chi connectivity index (χ4v) is 4.72. The lowest BCUT2D eigenvalue weighted by Gasteiger charge is -2.31. The van der Waals surface area contributed by atoms with E-state index in [9.17, 15) is 9.59 Å². The quantitative estimate of drug-likeness (QED) is 0.574. The molecule has 3 aromatic rings. The van der Waals surface area contributed by atoms with E-state index in [1.165, 1.54) is 19.3 Å². The molecule has 32 heavy (non-hydrogen) atoms. The van der Waals surface area contributed by atoms with Gasteiger partial charge in [0.05, 0.1) is 27.7 Å². The molecule has 1 aliphatic carbocycles. The smallest absolute Gasteiger partial charge is 0.253 e. The molecule has 1 N–H and O–H groups in total. The van der Waals surface area contributed by atoms with Crippen molar-refractivity contribution < 1.29 is 9.59 Å². The molecule has 0 spiro atoms. The monoisotopic (exact) mass is 452 g/mol. The normalized spacial score (nSPS) is 15.5. The standard InChI is InChI=1S/C25H29ClN4O2/c1-17(27-25(32)19-12-6-7-13-20(19)26)24-28-21-14-8-9-15-22(21)30(24)16-23(31)29(2)18-10-4-3-5-11-18/h6-9,12-15,17-18H,3-5,10-11,16H2,1-2H3,(H,27,32). The number of carbonyl (C=O) groups is 2. The number of nitrogens with one attached hydrogen (secondary N) is 1. The molecule has 0 radical (unpaired) electrons. The minimum Gasteiger partial charge on any atom is -0.342 e. The van der Waals surface area contributed by atoms with Gasteiger partial charge in [0, 0.05) is 13.1 Å². The zero-order valence-electron chi connectivity index (χ0n) is 18.6. The number of likely N-dealkylation sites (N-methyl/N-ethyl adjacent to an activating group) is 1. The van der Waals surface area contributed by atoms with Crippen molar-refractivity contribution in [2.45, 2.75) is 57.7 Å². The third kappa shape index (κ3) is 4.65. The van der Waals surface area contributed by atoms with Crippen molar-refractivity contribution in [1.29, 1.82) is 0 Å². The van der Waals surface area contributed by atoms with E-state index in [1.807, 2.05) is 47.7 Å². The van der Waals surface area contributed by atoms with Crippen LogP contribution in [0.25, 0.3) is 11.0 Å². The first-order valence-corrected chi connectivity index (χ1v) is 11.6. The second-order valence-electron chi connectivity index (χ2n) is 8.52. The number of rotatable bonds is 6. The highest BCUT2D eigenvalue weighted by atomic mass is 35.5. The van der Waals surface area contributed by atoms with E-state index >= 15 is 0 Å². The number of carbonyl (C=O) groups excluding carboxylic acids is 2. The highest BCUT2D eigenvalue weighted by Gasteiger charge is 2.25. The Labute approximate surface area is 193 Å². The maximum atomic E-state index is 13.2. The second-order valence-corrected chi connectivity index (χ2v) is 8.92. The van der Waals surface area contributed by atoms with Crippen LogP contribution in [0.4, 0.5) is 0 Å². The highest BCUT2D eigenvalue weighted by Crippen LogP contribution is 2.25. The van der Waals surface area contributed by atoms with Crippen LogP contribution in [0.1, 0.15) is 61.3 Å². The minimum atomic E-state index is -0.404. The van der Waals surface area contributed by atoms with Gasteiger partial charge in [-0.1, -0.05) is 55.1 Å². The van der Waals surface area contributed by atoms with Gasteiger partial charge in [-0.05, 0) is 44.0 Å². The lowest BCUT2D eigenvalue weighted by Crippen LogP contribution is -2.40. The van der Waals surface area contributed by atoms with Crippen molar-refractivity contribution in [2.75, 3.05) is 7.05 Å². The first-order chi connectivity index (χ1) is 15.5. The number of imidazole rings is 1. The minimum absolute atomic E-state index is 0.0610. The van der Waals surface area contributed by atoms with Crippen LogP contribution >= 0.6 is 11.6 Å². The zero-order valence-corrected chi connectivity index (χ0v) is 19.3. The van der Waals surface area contributed by atoms with E-state index in [1.54, 1.807) is 24.3 Å². The van der Waals surface area contributed by atoms with E-state index in [2.05, 4.69) is 5.32 Å². The summed E-state index contributed by atoms with van der Waals surface area (Å²) in [4.78, 5) is 32.6. The molecule has 0 saturated heterocycles. The van der Waals surface area contributed by atoms with E-state index in [-0.39, 0.29) is 18.4 Å². The summed E-state index contributed by atoms with van der Waals surface area (Å²) in [6, 6.07) is 14.6. The number of nitrogens with zero attached hydrogens (tertiary/aromatic N) is 3. The van der Waals surface area contributed by atoms with E-state index in [0.717, 1.165) is 23.9 Å². The molecule has 7 heteroatoms. The van der Waals surface area contributed by atoms with E-state index in [0.29, 0.717) is 22.5 Å². The van der Waals surface area contributed by atoms with Crippen LogP contribution in [0.2, 0.25) is 5.02 Å². The SMILES string of the molecule is CC(NC(=O)c1ccccc1Cl)c1nc2ccccc2n1CC(=O)N(C)C1CCCCC1. The first kappa shape index (κ1) is 22.3. The fourth-order valence-electron chi connectivity index (χ4n) is 4.49. The predicted octanol–water partition coefficient (Wildman–Crippen LogP) is 4.97. The molecule has 6 nitrogen and oxygen atoms in total. The van der Waals surface area contributed by atoms with Gasteiger partial charge >= 0.3 is 0 Å². The van der Waals surface area contributed by atoms with Crippen molar-refractivity contribution in [3.8, 4) is 0 Å². The molecule has 1 saturated carbocycles. The Morgan fingerprint density at radius 2 is 1.81 bits per heavy atom. The zero-order chi connectivity index (χ0) is 22.7. The van der Waals surface area contributed by atoms with Gasteiger partial charge in [-0.2, -0.15) is 0 Å². The number of halogens is 1. The van der Waals surface area contributed by atoms with E-state index < -0.39 is 6.04 Å². The van der Waals surface area contributed by atoms with Crippen molar-refractivity contribution in [1.82, 2.24) is 19.8 Å². The van der Waals surface area contributed by atoms with Crippen LogP contribution in [0, 0.1) is 0 Å². The van der Waals surface area contributed by atoms with Crippen LogP contribution in [0.15, 0.2) is 48.5 Å². The second kappa shape index (κ2) is 9.74. The Morgan fingerprint density at radius 1 is 1.12 bits per heavy atom. The van der Waals surface area contributed by atoms with Gasteiger partial charge in [-0.25, -0.2) is 4.98 Å². The van der Waals surface area contributed by atoms with Crippen LogP contribution in [-0.4, -0.2) is 39.4 Å². The molecule has 4 rings (SSSR count). The summed E-state index contributed by atoms with van der Waals surface area (Å²) in [5, 5.41) is 3.39. The van der Waals surface area contributed by atoms with Crippen molar-refractivity contribution >= 4 is 34.4 Å². The summed E-state index contributed by atoms with van der Waals surface area (Å²) < 4.78 is 1.93. The summed E-state index contributed by atoms with van der Waals surface area (Å²) in [6.07, 6.45) is 5.71. The van der Waals surface area contributed by atoms with Gasteiger partial charge in [-0.15, -0.1) is 0 Å². The Kier molecular flexibility index (Phi) is 6.80. The maximum Gasteiger partial charge on any atom is 0.253 e. The molecule has 0 aliphatic heterocycles. The molecule has 1 unspecified atom stereocenters. The molecule has 2 aromatic carbocycles. The van der Waals surface area contributed by atoms with Crippen molar-refractivity contribution in [3.05, 3.63) is 64.9 Å². The van der Waals surface area contributed by atoms with Gasteiger partial charge in [0.15, 0.2) is 0 Å². The van der Waals surface area contributed by atoms with Crippen LogP contribution in [0.5, 0.6) is 0 Å². The first-order valence-electron chi connectivity index (χ1n) is 11.2. The van der Waals surface area contributed by atoms with Gasteiger partial charge < -0.3 is 14.8 Å².